The average molecular weight is 369 g/mol. The first-order valence-electron chi connectivity index (χ1n) is 5.60. The van der Waals surface area contributed by atoms with Gasteiger partial charge in [-0.2, -0.15) is 0 Å². The zero-order valence-electron chi connectivity index (χ0n) is 11.0. The van der Waals surface area contributed by atoms with Gasteiger partial charge in [0, 0.05) is 26.2 Å². The zero-order valence-corrected chi connectivity index (χ0v) is 20.8. The molecule has 1 fully saturated rings. The smallest absolute Gasteiger partial charge is 0.677 e. The van der Waals surface area contributed by atoms with Gasteiger partial charge in [0.05, 0.1) is 0 Å². The Morgan fingerprint density at radius 2 is 1.00 bits per heavy atom. The fraction of sp³-hybridized carbons (Fsp3) is 1.00. The van der Waals surface area contributed by atoms with Crippen molar-refractivity contribution in [2.45, 2.75) is 12.8 Å². The Labute approximate surface area is 198 Å². The fourth-order valence-electron chi connectivity index (χ4n) is 1.84. The number of rotatable bonds is 6. The molecular formula is C10H22N4Rb2. The molecule has 0 spiro atoms. The van der Waals surface area contributed by atoms with Crippen LogP contribution >= 0.6 is 0 Å². The van der Waals surface area contributed by atoms with Crippen LogP contribution in [0, 0.1) is 0 Å². The van der Waals surface area contributed by atoms with Crippen LogP contribution in [0.1, 0.15) is 12.8 Å². The van der Waals surface area contributed by atoms with E-state index in [-0.39, 0.29) is 116 Å². The van der Waals surface area contributed by atoms with Gasteiger partial charge < -0.3 is 21.3 Å². The van der Waals surface area contributed by atoms with Gasteiger partial charge in [-0.05, 0) is 13.1 Å². The van der Waals surface area contributed by atoms with E-state index in [4.69, 9.17) is 11.5 Å². The normalized spacial score (nSPS) is 17.6. The molecule has 0 bridgehead atoms. The standard InChI is InChI=1S/C10H22N4.2Rb/c11-3-1-5-13-7-9-14(10-8-13)6-2-4-12;;/h11-12H,1-10H2;;/q-2;2*+1. The maximum Gasteiger partial charge on any atom is 1.00 e. The van der Waals surface area contributed by atoms with Crippen molar-refractivity contribution in [2.75, 3.05) is 52.4 Å². The summed E-state index contributed by atoms with van der Waals surface area (Å²) in [4.78, 5) is 4.90. The van der Waals surface area contributed by atoms with Crippen LogP contribution in [0.3, 0.4) is 0 Å². The second-order valence-electron chi connectivity index (χ2n) is 3.89. The first-order chi connectivity index (χ1) is 6.86. The molecule has 0 aliphatic carbocycles. The van der Waals surface area contributed by atoms with Crippen molar-refractivity contribution in [3.05, 3.63) is 11.5 Å². The third-order valence-corrected chi connectivity index (χ3v) is 2.77. The van der Waals surface area contributed by atoms with Crippen LogP contribution in [0.15, 0.2) is 0 Å². The van der Waals surface area contributed by atoms with Crippen LogP contribution in [0.4, 0.5) is 0 Å². The molecule has 84 valence electrons. The van der Waals surface area contributed by atoms with E-state index in [9.17, 15) is 0 Å². The molecule has 1 saturated heterocycles. The minimum Gasteiger partial charge on any atom is -0.677 e. The van der Waals surface area contributed by atoms with E-state index < -0.39 is 0 Å². The Hall–Kier alpha value is 3.45. The van der Waals surface area contributed by atoms with Gasteiger partial charge >= 0.3 is 116 Å². The molecule has 2 N–H and O–H groups in total. The summed E-state index contributed by atoms with van der Waals surface area (Å²) < 4.78 is 0. The van der Waals surface area contributed by atoms with Crippen molar-refractivity contribution in [1.82, 2.24) is 9.80 Å². The molecule has 0 unspecified atom stereocenters. The van der Waals surface area contributed by atoms with Crippen molar-refractivity contribution in [1.29, 1.82) is 0 Å². The van der Waals surface area contributed by atoms with Gasteiger partial charge in [-0.3, -0.25) is 0 Å². The second kappa shape index (κ2) is 14.9. The minimum absolute atomic E-state index is 0. The second-order valence-corrected chi connectivity index (χ2v) is 3.89. The largest absolute Gasteiger partial charge is 1.00 e. The molecule has 0 radical (unpaired) electrons. The number of nitrogens with zero attached hydrogens (tertiary/aromatic N) is 2. The SMILES string of the molecule is [NH-]CCCN1CCN(CCC[NH-])CC1.[Rb+].[Rb+]. The Morgan fingerprint density at radius 1 is 0.688 bits per heavy atom. The Balaban J connectivity index is 0. The summed E-state index contributed by atoms with van der Waals surface area (Å²) in [7, 11) is 0. The molecule has 0 aromatic rings. The van der Waals surface area contributed by atoms with Crippen LogP contribution in [0.25, 0.3) is 11.5 Å². The summed E-state index contributed by atoms with van der Waals surface area (Å²) in [6.45, 7) is 7.90. The molecule has 4 nitrogen and oxygen atoms in total. The third kappa shape index (κ3) is 10.3. The first-order valence-corrected chi connectivity index (χ1v) is 5.60. The van der Waals surface area contributed by atoms with Gasteiger partial charge in [-0.15, -0.1) is 13.1 Å². The maximum atomic E-state index is 7.09. The number of nitrogens with one attached hydrogen (secondary N) is 2. The monoisotopic (exact) mass is 368 g/mol. The summed E-state index contributed by atoms with van der Waals surface area (Å²) in [6, 6.07) is 0. The Kier molecular flexibility index (Phi) is 20.2. The van der Waals surface area contributed by atoms with Gasteiger partial charge in [-0.25, -0.2) is 0 Å². The van der Waals surface area contributed by atoms with Crippen molar-refractivity contribution in [3.8, 4) is 0 Å². The molecule has 16 heavy (non-hydrogen) atoms. The molecule has 1 rings (SSSR count). The molecule has 0 saturated carbocycles. The van der Waals surface area contributed by atoms with E-state index in [0.717, 1.165) is 52.1 Å². The van der Waals surface area contributed by atoms with Gasteiger partial charge in [-0.1, -0.05) is 12.8 Å². The number of piperazine rings is 1. The Bertz CT molecular complexity index is 125. The molecule has 0 aromatic heterocycles. The maximum absolute atomic E-state index is 7.09. The van der Waals surface area contributed by atoms with Crippen LogP contribution in [-0.2, 0) is 0 Å². The molecule has 0 amide bonds. The van der Waals surface area contributed by atoms with Gasteiger partial charge in [0.25, 0.3) is 0 Å². The predicted molar refractivity (Wildman–Crippen MR) is 60.5 cm³/mol. The predicted octanol–water partition coefficient (Wildman–Crippen LogP) is -4.50. The summed E-state index contributed by atoms with van der Waals surface area (Å²) in [6.07, 6.45) is 2.01. The molecule has 6 heteroatoms. The summed E-state index contributed by atoms with van der Waals surface area (Å²) in [5, 5.41) is 0. The van der Waals surface area contributed by atoms with Crippen molar-refractivity contribution in [2.24, 2.45) is 0 Å². The van der Waals surface area contributed by atoms with Gasteiger partial charge in [0.15, 0.2) is 0 Å². The average Bonchev–Trinajstić information content (AvgIpc) is 2.25. The van der Waals surface area contributed by atoms with E-state index in [0.29, 0.717) is 13.1 Å². The molecule has 0 aromatic carbocycles. The number of hydrogen-bond donors (Lipinski definition) is 0. The fourth-order valence-corrected chi connectivity index (χ4v) is 1.84. The first kappa shape index (κ1) is 21.7. The quantitative estimate of drug-likeness (QED) is 0.474. The minimum atomic E-state index is 0. The van der Waals surface area contributed by atoms with Crippen LogP contribution in [0.5, 0.6) is 0 Å². The number of hydrogen-bond acceptors (Lipinski definition) is 2. The van der Waals surface area contributed by atoms with Crippen LogP contribution < -0.4 is 116 Å². The Morgan fingerprint density at radius 3 is 1.25 bits per heavy atom. The molecule has 0 atom stereocenters. The topological polar surface area (TPSA) is 54.1 Å². The zero-order chi connectivity index (χ0) is 10.2. The molecule has 1 aliphatic heterocycles. The summed E-state index contributed by atoms with van der Waals surface area (Å²) >= 11 is 0. The van der Waals surface area contributed by atoms with E-state index >= 15 is 0 Å². The van der Waals surface area contributed by atoms with Crippen molar-refractivity contribution in [3.63, 3.8) is 0 Å². The third-order valence-electron chi connectivity index (χ3n) is 2.77. The van der Waals surface area contributed by atoms with Crippen LogP contribution in [-0.4, -0.2) is 62.2 Å². The van der Waals surface area contributed by atoms with E-state index in [1.54, 1.807) is 0 Å². The molecule has 1 heterocycles. The summed E-state index contributed by atoms with van der Waals surface area (Å²) in [5.41, 5.74) is 14.2. The van der Waals surface area contributed by atoms with Gasteiger partial charge in [0.2, 0.25) is 0 Å². The van der Waals surface area contributed by atoms with Crippen molar-refractivity contribution >= 4 is 0 Å². The molecular weight excluding hydrogens is 347 g/mol. The van der Waals surface area contributed by atoms with Crippen LogP contribution in [0.2, 0.25) is 0 Å². The van der Waals surface area contributed by atoms with Gasteiger partial charge in [0.1, 0.15) is 0 Å². The summed E-state index contributed by atoms with van der Waals surface area (Å²) in [5.74, 6) is 0. The van der Waals surface area contributed by atoms with E-state index in [1.807, 2.05) is 0 Å². The molecule has 1 aliphatic rings. The van der Waals surface area contributed by atoms with E-state index in [1.165, 1.54) is 0 Å². The van der Waals surface area contributed by atoms with Crippen molar-refractivity contribution < 1.29 is 116 Å². The van der Waals surface area contributed by atoms with E-state index in [2.05, 4.69) is 9.80 Å².